The summed E-state index contributed by atoms with van der Waals surface area (Å²) in [6.07, 6.45) is 1.36. The molecule has 0 aliphatic rings. The van der Waals surface area contributed by atoms with E-state index in [0.29, 0.717) is 26.9 Å². The van der Waals surface area contributed by atoms with Crippen LogP contribution in [-0.2, 0) is 0 Å². The minimum atomic E-state index is -0.486. The molecule has 3 aromatic rings. The van der Waals surface area contributed by atoms with Gasteiger partial charge in [0.2, 0.25) is 0 Å². The Bertz CT molecular complexity index is 918. The van der Waals surface area contributed by atoms with Gasteiger partial charge in [-0.15, -0.1) is 0 Å². The molecule has 1 aromatic heterocycles. The Morgan fingerprint density at radius 3 is 2.52 bits per heavy atom. The number of nitrogens with one attached hydrogen (secondary N) is 2. The Labute approximate surface area is 152 Å². The van der Waals surface area contributed by atoms with Gasteiger partial charge in [-0.05, 0) is 42.5 Å². The van der Waals surface area contributed by atoms with Gasteiger partial charge in [0.1, 0.15) is 11.5 Å². The Hall–Kier alpha value is -2.70. The number of nitrogens with zero attached hydrogens (tertiary/aromatic N) is 2. The van der Waals surface area contributed by atoms with Crippen LogP contribution in [-0.4, -0.2) is 22.3 Å². The summed E-state index contributed by atoms with van der Waals surface area (Å²) < 4.78 is 12.9. The molecule has 1 amide bonds. The molecule has 0 radical (unpaired) electrons. The van der Waals surface area contributed by atoms with Crippen molar-refractivity contribution in [3.63, 3.8) is 0 Å². The Morgan fingerprint density at radius 2 is 1.84 bits per heavy atom. The number of carbonyl (C=O) groups is 1. The lowest BCUT2D eigenvalue weighted by atomic mass is 10.1. The van der Waals surface area contributed by atoms with E-state index in [2.05, 4.69) is 20.7 Å². The summed E-state index contributed by atoms with van der Waals surface area (Å²) in [5, 5.41) is 11.3. The highest BCUT2D eigenvalue weighted by Crippen LogP contribution is 2.22. The molecule has 0 fully saturated rings. The lowest BCUT2D eigenvalue weighted by Crippen LogP contribution is -2.18. The summed E-state index contributed by atoms with van der Waals surface area (Å²) in [5.74, 6) is -0.829. The molecule has 0 spiro atoms. The third-order valence-corrected chi connectivity index (χ3v) is 3.98. The first-order valence-electron chi connectivity index (χ1n) is 7.13. The quantitative estimate of drug-likeness (QED) is 0.526. The second kappa shape index (κ2) is 7.46. The van der Waals surface area contributed by atoms with Gasteiger partial charge in [0.15, 0.2) is 0 Å². The van der Waals surface area contributed by atoms with Crippen LogP contribution in [0.25, 0.3) is 11.3 Å². The normalized spacial score (nSPS) is 11.0. The molecule has 0 atom stereocenters. The summed E-state index contributed by atoms with van der Waals surface area (Å²) in [4.78, 5) is 12.1. The largest absolute Gasteiger partial charge is 0.289 e. The fourth-order valence-corrected chi connectivity index (χ4v) is 2.55. The maximum Gasteiger partial charge on any atom is 0.289 e. The first-order valence-corrected chi connectivity index (χ1v) is 7.89. The smallest absolute Gasteiger partial charge is 0.272 e. The van der Waals surface area contributed by atoms with E-state index in [1.54, 1.807) is 36.4 Å². The summed E-state index contributed by atoms with van der Waals surface area (Å²) in [7, 11) is 0. The van der Waals surface area contributed by atoms with Gasteiger partial charge >= 0.3 is 0 Å². The first-order chi connectivity index (χ1) is 12.0. The SMILES string of the molecule is O=C(N/N=C/c1c(Cl)cccc1Cl)c1cc(-c2ccc(F)cc2)n[nH]1. The molecule has 0 bridgehead atoms. The van der Waals surface area contributed by atoms with Crippen LogP contribution in [0, 0.1) is 5.82 Å². The number of hydrogen-bond donors (Lipinski definition) is 2. The van der Waals surface area contributed by atoms with E-state index < -0.39 is 5.91 Å². The molecule has 0 saturated carbocycles. The average Bonchev–Trinajstić information content (AvgIpc) is 3.08. The molecule has 5 nitrogen and oxygen atoms in total. The molecule has 3 rings (SSSR count). The number of benzene rings is 2. The lowest BCUT2D eigenvalue weighted by molar-refractivity contribution is 0.0950. The van der Waals surface area contributed by atoms with Crippen molar-refractivity contribution < 1.29 is 9.18 Å². The number of aromatic amines is 1. The first kappa shape index (κ1) is 17.1. The third kappa shape index (κ3) is 4.04. The molecule has 25 heavy (non-hydrogen) atoms. The molecule has 0 aliphatic carbocycles. The van der Waals surface area contributed by atoms with Crippen LogP contribution < -0.4 is 5.43 Å². The number of halogens is 3. The van der Waals surface area contributed by atoms with Crippen molar-refractivity contribution in [2.24, 2.45) is 5.10 Å². The summed E-state index contributed by atoms with van der Waals surface area (Å²) in [6.45, 7) is 0. The fourth-order valence-electron chi connectivity index (χ4n) is 2.06. The van der Waals surface area contributed by atoms with Crippen molar-refractivity contribution >= 4 is 35.3 Å². The van der Waals surface area contributed by atoms with E-state index in [4.69, 9.17) is 23.2 Å². The topological polar surface area (TPSA) is 70.1 Å². The van der Waals surface area contributed by atoms with E-state index in [-0.39, 0.29) is 11.5 Å². The zero-order chi connectivity index (χ0) is 17.8. The van der Waals surface area contributed by atoms with Crippen molar-refractivity contribution in [2.45, 2.75) is 0 Å². The Morgan fingerprint density at radius 1 is 1.16 bits per heavy atom. The van der Waals surface area contributed by atoms with Crippen LogP contribution in [0.5, 0.6) is 0 Å². The molecule has 126 valence electrons. The maximum atomic E-state index is 12.9. The maximum absolute atomic E-state index is 12.9. The van der Waals surface area contributed by atoms with Crippen LogP contribution in [0.4, 0.5) is 4.39 Å². The minimum Gasteiger partial charge on any atom is -0.272 e. The highest BCUT2D eigenvalue weighted by atomic mass is 35.5. The van der Waals surface area contributed by atoms with Crippen molar-refractivity contribution in [3.05, 3.63) is 75.7 Å². The van der Waals surface area contributed by atoms with Gasteiger partial charge in [0, 0.05) is 11.1 Å². The number of amides is 1. The van der Waals surface area contributed by atoms with Crippen molar-refractivity contribution in [1.29, 1.82) is 0 Å². The number of H-pyrrole nitrogens is 1. The van der Waals surface area contributed by atoms with Crippen LogP contribution >= 0.6 is 23.2 Å². The molecule has 0 saturated heterocycles. The molecule has 2 aromatic carbocycles. The fraction of sp³-hybridized carbons (Fsp3) is 0. The Balaban J connectivity index is 1.70. The summed E-state index contributed by atoms with van der Waals surface area (Å²) in [5.41, 5.74) is 4.27. The standard InChI is InChI=1S/C17H11Cl2FN4O/c18-13-2-1-3-14(19)12(13)9-21-24-17(25)16-8-15(22-23-16)10-4-6-11(20)7-5-10/h1-9H,(H,22,23)(H,24,25)/b21-9+. The van der Waals surface area contributed by atoms with Crippen molar-refractivity contribution in [3.8, 4) is 11.3 Å². The van der Waals surface area contributed by atoms with Gasteiger partial charge in [0.25, 0.3) is 5.91 Å². The van der Waals surface area contributed by atoms with E-state index in [1.807, 2.05) is 0 Å². The second-order valence-corrected chi connectivity index (χ2v) is 5.82. The van der Waals surface area contributed by atoms with Gasteiger partial charge in [-0.1, -0.05) is 29.3 Å². The van der Waals surface area contributed by atoms with Gasteiger partial charge < -0.3 is 0 Å². The predicted molar refractivity (Wildman–Crippen MR) is 95.5 cm³/mol. The highest BCUT2D eigenvalue weighted by Gasteiger charge is 2.10. The molecule has 0 aliphatic heterocycles. The summed E-state index contributed by atoms with van der Waals surface area (Å²) >= 11 is 12.0. The van der Waals surface area contributed by atoms with Gasteiger partial charge in [-0.25, -0.2) is 9.82 Å². The van der Waals surface area contributed by atoms with Crippen LogP contribution in [0.3, 0.4) is 0 Å². The predicted octanol–water partition coefficient (Wildman–Crippen LogP) is 4.29. The third-order valence-electron chi connectivity index (χ3n) is 3.32. The molecule has 0 unspecified atom stereocenters. The van der Waals surface area contributed by atoms with Crippen molar-refractivity contribution in [1.82, 2.24) is 15.6 Å². The Kier molecular flexibility index (Phi) is 5.11. The zero-order valence-electron chi connectivity index (χ0n) is 12.6. The molecule has 1 heterocycles. The van der Waals surface area contributed by atoms with Crippen molar-refractivity contribution in [2.75, 3.05) is 0 Å². The van der Waals surface area contributed by atoms with E-state index >= 15 is 0 Å². The van der Waals surface area contributed by atoms with Crippen LogP contribution in [0.2, 0.25) is 10.0 Å². The van der Waals surface area contributed by atoms with Gasteiger partial charge in [0.05, 0.1) is 22.0 Å². The lowest BCUT2D eigenvalue weighted by Gasteiger charge is -2.00. The number of aromatic nitrogens is 2. The van der Waals surface area contributed by atoms with Gasteiger partial charge in [-0.3, -0.25) is 9.89 Å². The van der Waals surface area contributed by atoms with E-state index in [9.17, 15) is 9.18 Å². The number of hydrazone groups is 1. The number of hydrogen-bond acceptors (Lipinski definition) is 3. The van der Waals surface area contributed by atoms with Crippen LogP contribution in [0.15, 0.2) is 53.6 Å². The molecular weight excluding hydrogens is 366 g/mol. The number of rotatable bonds is 4. The summed E-state index contributed by atoms with van der Waals surface area (Å²) in [6, 6.07) is 12.4. The van der Waals surface area contributed by atoms with Gasteiger partial charge in [-0.2, -0.15) is 10.2 Å². The average molecular weight is 377 g/mol. The molecule has 2 N–H and O–H groups in total. The van der Waals surface area contributed by atoms with Crippen LogP contribution in [0.1, 0.15) is 16.1 Å². The monoisotopic (exact) mass is 376 g/mol. The number of carbonyl (C=O) groups excluding carboxylic acids is 1. The second-order valence-electron chi connectivity index (χ2n) is 5.01. The van der Waals surface area contributed by atoms with E-state index in [1.165, 1.54) is 18.3 Å². The van der Waals surface area contributed by atoms with E-state index in [0.717, 1.165) is 0 Å². The molecular formula is C17H11Cl2FN4O. The highest BCUT2D eigenvalue weighted by molar-refractivity contribution is 6.38. The molecule has 8 heteroatoms. The minimum absolute atomic E-state index is 0.210. The zero-order valence-corrected chi connectivity index (χ0v) is 14.1.